The smallest absolute Gasteiger partial charge is 0.251 e. The van der Waals surface area contributed by atoms with E-state index in [1.165, 1.54) is 0 Å². The maximum Gasteiger partial charge on any atom is 0.251 e. The Labute approximate surface area is 218 Å². The van der Waals surface area contributed by atoms with E-state index in [4.69, 9.17) is 0 Å². The molecule has 3 aliphatic heterocycles. The van der Waals surface area contributed by atoms with Crippen LogP contribution in [0.4, 0.5) is 5.69 Å². The molecule has 0 aromatic heterocycles. The summed E-state index contributed by atoms with van der Waals surface area (Å²) in [7, 11) is 1.73. The molecule has 3 heterocycles. The van der Waals surface area contributed by atoms with Gasteiger partial charge < -0.3 is 19.8 Å². The topological polar surface area (TPSA) is 81.2 Å². The van der Waals surface area contributed by atoms with Gasteiger partial charge in [0.15, 0.2) is 0 Å². The van der Waals surface area contributed by atoms with E-state index in [9.17, 15) is 19.5 Å². The number of anilines is 1. The molecule has 6 atom stereocenters. The van der Waals surface area contributed by atoms with Crippen molar-refractivity contribution in [2.24, 2.45) is 11.8 Å². The minimum Gasteiger partial charge on any atom is -0.394 e. The second-order valence-corrected chi connectivity index (χ2v) is 12.0. The number of fused-ring (bicyclic) bond motifs is 1. The predicted molar refractivity (Wildman–Crippen MR) is 144 cm³/mol. The molecule has 4 rings (SSSR count). The number of carbonyl (C=O) groups excluding carboxylic acids is 3. The number of rotatable bonds is 9. The molecule has 7 nitrogen and oxygen atoms in total. The Morgan fingerprint density at radius 1 is 1.25 bits per heavy atom. The lowest BCUT2D eigenvalue weighted by atomic mass is 9.70. The van der Waals surface area contributed by atoms with Gasteiger partial charge in [-0.3, -0.25) is 14.4 Å². The molecule has 3 saturated heterocycles. The largest absolute Gasteiger partial charge is 0.394 e. The number of carbonyl (C=O) groups is 3. The number of benzene rings is 1. The van der Waals surface area contributed by atoms with Gasteiger partial charge in [0.1, 0.15) is 6.04 Å². The normalized spacial score (nSPS) is 29.1. The maximum atomic E-state index is 14.5. The fraction of sp³-hybridized carbons (Fsp3) is 0.536. The standard InChI is InChI=1S/C28H37N3O4S/c1-7-13-29(6)25(33)22-21-11-12-28(36-21)23(22)26(34)31(19(5)16-32)24(28)27(35)30(14-8-2)20-15-17(3)9-10-18(20)4/h7-10,15,19,21-24,32H,1-2,11-14,16H2,3-6H3/t19-,21-,22+,23+,24?,28?/m1/s1. The van der Waals surface area contributed by atoms with Gasteiger partial charge in [0.2, 0.25) is 11.8 Å². The number of hydrogen-bond donors (Lipinski definition) is 1. The van der Waals surface area contributed by atoms with Crippen LogP contribution in [0.5, 0.6) is 0 Å². The van der Waals surface area contributed by atoms with Crippen molar-refractivity contribution >= 4 is 35.2 Å². The quantitative estimate of drug-likeness (QED) is 0.516. The Morgan fingerprint density at radius 2 is 1.94 bits per heavy atom. The first-order valence-corrected chi connectivity index (χ1v) is 13.5. The summed E-state index contributed by atoms with van der Waals surface area (Å²) in [5.74, 6) is -1.53. The van der Waals surface area contributed by atoms with Crippen molar-refractivity contribution in [3.8, 4) is 0 Å². The van der Waals surface area contributed by atoms with Crippen molar-refractivity contribution in [1.82, 2.24) is 9.80 Å². The van der Waals surface area contributed by atoms with Gasteiger partial charge in [0.25, 0.3) is 5.91 Å². The number of aliphatic hydroxyl groups is 1. The lowest BCUT2D eigenvalue weighted by molar-refractivity contribution is -0.144. The van der Waals surface area contributed by atoms with Gasteiger partial charge in [-0.25, -0.2) is 0 Å². The number of aliphatic hydroxyl groups excluding tert-OH is 1. The zero-order valence-electron chi connectivity index (χ0n) is 21.6. The third-order valence-electron chi connectivity index (χ3n) is 8.01. The average Bonchev–Trinajstić information content (AvgIpc) is 3.50. The second kappa shape index (κ2) is 10.1. The van der Waals surface area contributed by atoms with E-state index >= 15 is 0 Å². The second-order valence-electron chi connectivity index (χ2n) is 10.4. The summed E-state index contributed by atoms with van der Waals surface area (Å²) in [5, 5.41) is 10.1. The van der Waals surface area contributed by atoms with Crippen LogP contribution >= 0.6 is 11.8 Å². The molecule has 1 aromatic carbocycles. The van der Waals surface area contributed by atoms with Crippen molar-refractivity contribution in [3.05, 3.63) is 54.6 Å². The number of nitrogens with zero attached hydrogens (tertiary/aromatic N) is 3. The minimum absolute atomic E-state index is 0.00541. The summed E-state index contributed by atoms with van der Waals surface area (Å²) in [6.07, 6.45) is 4.84. The lowest BCUT2D eigenvalue weighted by Crippen LogP contribution is -2.57. The van der Waals surface area contributed by atoms with Crippen LogP contribution in [0.25, 0.3) is 0 Å². The molecule has 1 aromatic rings. The van der Waals surface area contributed by atoms with Crippen molar-refractivity contribution in [2.45, 2.75) is 55.7 Å². The Bertz CT molecular complexity index is 1090. The molecular formula is C28H37N3O4S. The van der Waals surface area contributed by atoms with Gasteiger partial charge in [-0.15, -0.1) is 24.9 Å². The minimum atomic E-state index is -0.769. The van der Waals surface area contributed by atoms with Crippen molar-refractivity contribution in [2.75, 3.05) is 31.6 Å². The molecule has 0 radical (unpaired) electrons. The molecule has 2 bridgehead atoms. The number of amides is 3. The monoisotopic (exact) mass is 511 g/mol. The summed E-state index contributed by atoms with van der Waals surface area (Å²) in [6.45, 7) is 13.8. The van der Waals surface area contributed by atoms with Crippen molar-refractivity contribution < 1.29 is 19.5 Å². The molecule has 1 N–H and O–H groups in total. The highest BCUT2D eigenvalue weighted by atomic mass is 32.2. The zero-order chi connectivity index (χ0) is 26.4. The molecule has 8 heteroatoms. The van der Waals surface area contributed by atoms with Gasteiger partial charge in [0.05, 0.1) is 29.2 Å². The maximum absolute atomic E-state index is 14.5. The first kappa shape index (κ1) is 26.5. The molecule has 36 heavy (non-hydrogen) atoms. The van der Waals surface area contributed by atoms with Crippen LogP contribution < -0.4 is 4.90 Å². The van der Waals surface area contributed by atoms with Crippen LogP contribution in [-0.4, -0.2) is 81.5 Å². The molecule has 3 aliphatic rings. The number of thioether (sulfide) groups is 1. The summed E-state index contributed by atoms with van der Waals surface area (Å²) >= 11 is 1.64. The molecule has 0 aliphatic carbocycles. The lowest BCUT2D eigenvalue weighted by Gasteiger charge is -2.39. The molecule has 3 amide bonds. The van der Waals surface area contributed by atoms with Crippen LogP contribution in [0.1, 0.15) is 30.9 Å². The number of aryl methyl sites for hydroxylation is 2. The van der Waals surface area contributed by atoms with Gasteiger partial charge in [-0.1, -0.05) is 24.3 Å². The van der Waals surface area contributed by atoms with E-state index in [0.717, 1.165) is 23.2 Å². The van der Waals surface area contributed by atoms with E-state index in [2.05, 4.69) is 13.2 Å². The molecule has 2 unspecified atom stereocenters. The van der Waals surface area contributed by atoms with E-state index in [1.807, 2.05) is 32.0 Å². The highest BCUT2D eigenvalue weighted by Crippen LogP contribution is 2.67. The molecule has 0 saturated carbocycles. The third-order valence-corrected chi connectivity index (χ3v) is 9.96. The van der Waals surface area contributed by atoms with Crippen molar-refractivity contribution in [1.29, 1.82) is 0 Å². The van der Waals surface area contributed by atoms with E-state index < -0.39 is 28.7 Å². The molecule has 3 fully saturated rings. The molecule has 194 valence electrons. The van der Waals surface area contributed by atoms with Crippen LogP contribution in [0.15, 0.2) is 43.5 Å². The SMILES string of the molecule is C=CCN(C)C(=O)[C@@H]1[C@H]2C(=O)N([C@H](C)CO)C(C(=O)N(CC=C)c3cc(C)ccc3C)C23CC[C@H]1S3. The Morgan fingerprint density at radius 3 is 2.58 bits per heavy atom. The first-order valence-electron chi connectivity index (χ1n) is 12.6. The first-order chi connectivity index (χ1) is 17.1. The van der Waals surface area contributed by atoms with Crippen LogP contribution in [0, 0.1) is 25.7 Å². The number of likely N-dealkylation sites (tertiary alicyclic amines) is 1. The summed E-state index contributed by atoms with van der Waals surface area (Å²) in [5.41, 5.74) is 2.78. The fourth-order valence-electron chi connectivity index (χ4n) is 6.35. The Kier molecular flexibility index (Phi) is 7.40. The highest BCUT2D eigenvalue weighted by Gasteiger charge is 2.74. The highest BCUT2D eigenvalue weighted by molar-refractivity contribution is 8.02. The fourth-order valence-corrected chi connectivity index (χ4v) is 8.54. The van der Waals surface area contributed by atoms with Gasteiger partial charge in [-0.2, -0.15) is 0 Å². The Balaban J connectivity index is 1.81. The van der Waals surface area contributed by atoms with Crippen LogP contribution in [0.2, 0.25) is 0 Å². The molecular weight excluding hydrogens is 474 g/mol. The van der Waals surface area contributed by atoms with Gasteiger partial charge >= 0.3 is 0 Å². The number of likely N-dealkylation sites (N-methyl/N-ethyl adjacent to an activating group) is 1. The summed E-state index contributed by atoms with van der Waals surface area (Å²) in [6, 6.07) is 4.67. The van der Waals surface area contributed by atoms with Crippen LogP contribution in [-0.2, 0) is 14.4 Å². The van der Waals surface area contributed by atoms with Crippen molar-refractivity contribution in [3.63, 3.8) is 0 Å². The number of hydrogen-bond acceptors (Lipinski definition) is 5. The average molecular weight is 512 g/mol. The molecule has 1 spiro atoms. The van der Waals surface area contributed by atoms with Crippen LogP contribution in [0.3, 0.4) is 0 Å². The predicted octanol–water partition coefficient (Wildman–Crippen LogP) is 2.94. The van der Waals surface area contributed by atoms with Gasteiger partial charge in [-0.05, 0) is 50.8 Å². The Hall–Kier alpha value is -2.58. The zero-order valence-corrected chi connectivity index (χ0v) is 22.5. The summed E-state index contributed by atoms with van der Waals surface area (Å²) < 4.78 is -0.700. The van der Waals surface area contributed by atoms with E-state index in [-0.39, 0.29) is 29.6 Å². The summed E-state index contributed by atoms with van der Waals surface area (Å²) in [4.78, 5) is 47.0. The van der Waals surface area contributed by atoms with E-state index in [1.54, 1.807) is 52.6 Å². The third kappa shape index (κ3) is 3.98. The van der Waals surface area contributed by atoms with E-state index in [0.29, 0.717) is 19.5 Å². The van der Waals surface area contributed by atoms with Gasteiger partial charge in [0, 0.05) is 31.1 Å².